The highest BCUT2D eigenvalue weighted by Gasteiger charge is 2.12. The van der Waals surface area contributed by atoms with Crippen molar-refractivity contribution >= 4 is 37.4 Å². The number of rotatable bonds is 1. The lowest BCUT2D eigenvalue weighted by atomic mass is 10.1. The maximum atomic E-state index is 4.51. The number of hydrogen-bond donors (Lipinski definition) is 0. The minimum Gasteiger partial charge on any atom is -0.238 e. The Balaban J connectivity index is 2.73. The third-order valence-electron chi connectivity index (χ3n) is 2.10. The molecule has 0 bridgehead atoms. The summed E-state index contributed by atoms with van der Waals surface area (Å²) >= 11 is 7.01. The van der Waals surface area contributed by atoms with Gasteiger partial charge in [0.25, 0.3) is 0 Å². The van der Waals surface area contributed by atoms with E-state index in [1.165, 1.54) is 0 Å². The van der Waals surface area contributed by atoms with Crippen LogP contribution in [0, 0.1) is 0 Å². The summed E-state index contributed by atoms with van der Waals surface area (Å²) in [7, 11) is 0. The summed E-state index contributed by atoms with van der Waals surface area (Å²) in [5.41, 5.74) is 2.21. The number of fused-ring (bicyclic) bond motifs is 1. The van der Waals surface area contributed by atoms with Crippen LogP contribution in [0.2, 0.25) is 0 Å². The molecule has 0 atom stereocenters. The standard InChI is InChI=1S/C10H10Br2N2/c1-6(2)10-9(12)8-4-3-7(11)5-14(8)13-10/h3-6H,1-2H3. The average molecular weight is 318 g/mol. The summed E-state index contributed by atoms with van der Waals surface area (Å²) in [4.78, 5) is 0. The molecule has 0 saturated heterocycles. The molecule has 0 unspecified atom stereocenters. The first-order valence-electron chi connectivity index (χ1n) is 4.43. The van der Waals surface area contributed by atoms with Crippen LogP contribution in [0.1, 0.15) is 25.5 Å². The number of aromatic nitrogens is 2. The van der Waals surface area contributed by atoms with Gasteiger partial charge < -0.3 is 0 Å². The Morgan fingerprint density at radius 1 is 1.29 bits per heavy atom. The topological polar surface area (TPSA) is 17.3 Å². The van der Waals surface area contributed by atoms with Gasteiger partial charge in [-0.3, -0.25) is 0 Å². The first-order chi connectivity index (χ1) is 6.59. The maximum Gasteiger partial charge on any atom is 0.0807 e. The van der Waals surface area contributed by atoms with Gasteiger partial charge in [0, 0.05) is 10.7 Å². The second-order valence-corrected chi connectivity index (χ2v) is 5.24. The largest absolute Gasteiger partial charge is 0.238 e. The normalized spacial score (nSPS) is 11.5. The molecule has 0 spiro atoms. The molecule has 0 aliphatic rings. The molecular formula is C10H10Br2N2. The fourth-order valence-electron chi connectivity index (χ4n) is 1.38. The van der Waals surface area contributed by atoms with Crippen molar-refractivity contribution in [3.8, 4) is 0 Å². The minimum atomic E-state index is 0.433. The third-order valence-corrected chi connectivity index (χ3v) is 3.39. The van der Waals surface area contributed by atoms with Crippen molar-refractivity contribution in [1.29, 1.82) is 0 Å². The molecule has 2 heterocycles. The van der Waals surface area contributed by atoms with Crippen molar-refractivity contribution in [2.24, 2.45) is 0 Å². The fraction of sp³-hybridized carbons (Fsp3) is 0.300. The summed E-state index contributed by atoms with van der Waals surface area (Å²) in [6.45, 7) is 4.28. The van der Waals surface area contributed by atoms with Crippen molar-refractivity contribution in [2.45, 2.75) is 19.8 Å². The van der Waals surface area contributed by atoms with Gasteiger partial charge in [0.05, 0.1) is 15.7 Å². The van der Waals surface area contributed by atoms with Gasteiger partial charge in [-0.05, 0) is 49.9 Å². The van der Waals surface area contributed by atoms with Crippen molar-refractivity contribution in [3.63, 3.8) is 0 Å². The quantitative estimate of drug-likeness (QED) is 0.777. The highest BCUT2D eigenvalue weighted by molar-refractivity contribution is 9.11. The van der Waals surface area contributed by atoms with Crippen LogP contribution in [-0.2, 0) is 0 Å². The molecule has 0 aliphatic carbocycles. The zero-order valence-electron chi connectivity index (χ0n) is 7.96. The van der Waals surface area contributed by atoms with Crippen molar-refractivity contribution in [2.75, 3.05) is 0 Å². The molecule has 2 aromatic heterocycles. The summed E-state index contributed by atoms with van der Waals surface area (Å²) in [6.07, 6.45) is 1.96. The molecule has 0 aliphatic heterocycles. The van der Waals surface area contributed by atoms with Crippen LogP contribution >= 0.6 is 31.9 Å². The average Bonchev–Trinajstić information content (AvgIpc) is 2.43. The highest BCUT2D eigenvalue weighted by Crippen LogP contribution is 2.28. The van der Waals surface area contributed by atoms with E-state index in [9.17, 15) is 0 Å². The van der Waals surface area contributed by atoms with Crippen molar-refractivity contribution in [1.82, 2.24) is 9.61 Å². The first-order valence-corrected chi connectivity index (χ1v) is 6.01. The summed E-state index contributed by atoms with van der Waals surface area (Å²) in [5.74, 6) is 0.433. The summed E-state index contributed by atoms with van der Waals surface area (Å²) < 4.78 is 4.03. The van der Waals surface area contributed by atoms with Crippen LogP contribution in [0.3, 0.4) is 0 Å². The maximum absolute atomic E-state index is 4.51. The van der Waals surface area contributed by atoms with E-state index in [2.05, 4.69) is 50.8 Å². The Morgan fingerprint density at radius 2 is 2.00 bits per heavy atom. The van der Waals surface area contributed by atoms with Crippen molar-refractivity contribution in [3.05, 3.63) is 33.0 Å². The Hall–Kier alpha value is -0.350. The van der Waals surface area contributed by atoms with Crippen LogP contribution in [0.15, 0.2) is 27.3 Å². The molecule has 2 rings (SSSR count). The molecule has 0 fully saturated rings. The molecule has 14 heavy (non-hydrogen) atoms. The number of pyridine rings is 1. The molecule has 4 heteroatoms. The predicted molar refractivity (Wildman–Crippen MR) is 64.7 cm³/mol. The number of halogens is 2. The van der Waals surface area contributed by atoms with E-state index in [0.29, 0.717) is 5.92 Å². The Kier molecular flexibility index (Phi) is 2.66. The lowest BCUT2D eigenvalue weighted by molar-refractivity contribution is 0.784. The van der Waals surface area contributed by atoms with E-state index in [-0.39, 0.29) is 0 Å². The van der Waals surface area contributed by atoms with Gasteiger partial charge in [0.1, 0.15) is 0 Å². The Morgan fingerprint density at radius 3 is 2.64 bits per heavy atom. The molecule has 0 radical (unpaired) electrons. The van der Waals surface area contributed by atoms with Gasteiger partial charge >= 0.3 is 0 Å². The lowest BCUT2D eigenvalue weighted by Crippen LogP contribution is -1.90. The fourth-order valence-corrected chi connectivity index (χ4v) is 2.56. The number of hydrogen-bond acceptors (Lipinski definition) is 1. The van der Waals surface area contributed by atoms with E-state index in [1.54, 1.807) is 0 Å². The van der Waals surface area contributed by atoms with Crippen LogP contribution in [0.25, 0.3) is 5.52 Å². The SMILES string of the molecule is CC(C)c1nn2cc(Br)ccc2c1Br. The smallest absolute Gasteiger partial charge is 0.0807 e. The molecule has 2 nitrogen and oxygen atoms in total. The number of nitrogens with zero attached hydrogens (tertiary/aromatic N) is 2. The van der Waals surface area contributed by atoms with Gasteiger partial charge in [0.2, 0.25) is 0 Å². The third kappa shape index (κ3) is 1.61. The Labute approximate surface area is 99.6 Å². The van der Waals surface area contributed by atoms with Gasteiger partial charge in [-0.2, -0.15) is 5.10 Å². The zero-order valence-corrected chi connectivity index (χ0v) is 11.1. The second kappa shape index (κ2) is 3.66. The van der Waals surface area contributed by atoms with Gasteiger partial charge in [0.15, 0.2) is 0 Å². The monoisotopic (exact) mass is 316 g/mol. The second-order valence-electron chi connectivity index (χ2n) is 3.53. The molecular weight excluding hydrogens is 308 g/mol. The summed E-state index contributed by atoms with van der Waals surface area (Å²) in [6, 6.07) is 4.07. The van der Waals surface area contributed by atoms with E-state index in [4.69, 9.17) is 0 Å². The summed E-state index contributed by atoms with van der Waals surface area (Å²) in [5, 5.41) is 4.51. The van der Waals surface area contributed by atoms with Crippen LogP contribution in [0.4, 0.5) is 0 Å². The van der Waals surface area contributed by atoms with Crippen LogP contribution in [0.5, 0.6) is 0 Å². The zero-order chi connectivity index (χ0) is 10.3. The predicted octanol–water partition coefficient (Wildman–Crippen LogP) is 3.98. The first kappa shape index (κ1) is 10.2. The molecule has 0 N–H and O–H groups in total. The van der Waals surface area contributed by atoms with Crippen LogP contribution < -0.4 is 0 Å². The lowest BCUT2D eigenvalue weighted by Gasteiger charge is -1.97. The minimum absolute atomic E-state index is 0.433. The molecule has 2 aromatic rings. The molecule has 0 amide bonds. The van der Waals surface area contributed by atoms with Crippen LogP contribution in [-0.4, -0.2) is 9.61 Å². The molecule has 0 saturated carbocycles. The molecule has 0 aromatic carbocycles. The van der Waals surface area contributed by atoms with Gasteiger partial charge in [-0.25, -0.2) is 4.52 Å². The molecule has 74 valence electrons. The van der Waals surface area contributed by atoms with E-state index in [1.807, 2.05) is 22.8 Å². The van der Waals surface area contributed by atoms with E-state index < -0.39 is 0 Å². The Bertz CT molecular complexity index is 474. The van der Waals surface area contributed by atoms with Gasteiger partial charge in [-0.1, -0.05) is 13.8 Å². The van der Waals surface area contributed by atoms with E-state index >= 15 is 0 Å². The van der Waals surface area contributed by atoms with Gasteiger partial charge in [-0.15, -0.1) is 0 Å². The van der Waals surface area contributed by atoms with E-state index in [0.717, 1.165) is 20.2 Å². The van der Waals surface area contributed by atoms with Crippen molar-refractivity contribution < 1.29 is 0 Å². The highest BCUT2D eigenvalue weighted by atomic mass is 79.9.